The van der Waals surface area contributed by atoms with Gasteiger partial charge in [0, 0.05) is 17.1 Å². The van der Waals surface area contributed by atoms with E-state index in [4.69, 9.17) is 0 Å². The van der Waals surface area contributed by atoms with Gasteiger partial charge >= 0.3 is 0 Å². The van der Waals surface area contributed by atoms with E-state index in [0.29, 0.717) is 5.56 Å². The number of nitrogens with zero attached hydrogens (tertiary/aromatic N) is 2. The molecule has 2 N–H and O–H groups in total. The molecule has 1 saturated heterocycles. The first-order valence-electron chi connectivity index (χ1n) is 8.87. The molecular formula is C20H28N4O. The number of hydrogen-bond donors (Lipinski definition) is 2. The lowest BCUT2D eigenvalue weighted by Gasteiger charge is -2.46. The topological polar surface area (TPSA) is 59.0 Å². The molecule has 1 aromatic heterocycles. The fourth-order valence-corrected chi connectivity index (χ4v) is 4.15. The molecule has 0 aliphatic carbocycles. The molecule has 25 heavy (non-hydrogen) atoms. The molecule has 1 aliphatic rings. The van der Waals surface area contributed by atoms with Gasteiger partial charge in [-0.2, -0.15) is 5.10 Å². The highest BCUT2D eigenvalue weighted by molar-refractivity contribution is 5.95. The van der Waals surface area contributed by atoms with Crippen LogP contribution >= 0.6 is 0 Å². The highest BCUT2D eigenvalue weighted by Crippen LogP contribution is 2.28. The quantitative estimate of drug-likeness (QED) is 0.902. The molecule has 0 unspecified atom stereocenters. The van der Waals surface area contributed by atoms with Crippen molar-refractivity contribution in [3.05, 3.63) is 47.8 Å². The fourth-order valence-electron chi connectivity index (χ4n) is 4.15. The lowest BCUT2D eigenvalue weighted by Crippen LogP contribution is -2.62. The van der Waals surface area contributed by atoms with Crippen molar-refractivity contribution >= 4 is 5.91 Å². The average Bonchev–Trinajstić information content (AvgIpc) is 2.86. The van der Waals surface area contributed by atoms with Crippen molar-refractivity contribution in [3.8, 4) is 5.69 Å². The standard InChI is InChI=1S/C20H28N4O/c1-14-17(13-21-24(14)16-9-7-6-8-10-16)18(25)22-15-11-19(2,3)23-20(4,5)12-15/h6-10,13,15,23H,11-12H2,1-5H3,(H,22,25). The van der Waals surface area contributed by atoms with Gasteiger partial charge in [-0.1, -0.05) is 18.2 Å². The van der Waals surface area contributed by atoms with Crippen molar-refractivity contribution in [1.29, 1.82) is 0 Å². The number of piperidine rings is 1. The first-order valence-corrected chi connectivity index (χ1v) is 8.87. The molecular weight excluding hydrogens is 312 g/mol. The van der Waals surface area contributed by atoms with Crippen LogP contribution in [0.25, 0.3) is 5.69 Å². The highest BCUT2D eigenvalue weighted by atomic mass is 16.1. The monoisotopic (exact) mass is 340 g/mol. The average molecular weight is 340 g/mol. The third kappa shape index (κ3) is 3.93. The third-order valence-corrected chi connectivity index (χ3v) is 4.78. The van der Waals surface area contributed by atoms with Gasteiger partial charge in [0.05, 0.1) is 23.1 Å². The minimum Gasteiger partial charge on any atom is -0.349 e. The summed E-state index contributed by atoms with van der Waals surface area (Å²) in [6.45, 7) is 10.7. The third-order valence-electron chi connectivity index (χ3n) is 4.78. The van der Waals surface area contributed by atoms with E-state index in [-0.39, 0.29) is 23.0 Å². The summed E-state index contributed by atoms with van der Waals surface area (Å²) in [5.41, 5.74) is 2.46. The van der Waals surface area contributed by atoms with E-state index in [1.54, 1.807) is 6.20 Å². The number of benzene rings is 1. The van der Waals surface area contributed by atoms with Gasteiger partial charge in [-0.05, 0) is 59.6 Å². The first kappa shape index (κ1) is 17.7. The largest absolute Gasteiger partial charge is 0.349 e. The van der Waals surface area contributed by atoms with Crippen molar-refractivity contribution in [1.82, 2.24) is 20.4 Å². The van der Waals surface area contributed by atoms with Crippen molar-refractivity contribution in [2.45, 2.75) is 64.6 Å². The maximum absolute atomic E-state index is 12.8. The number of aromatic nitrogens is 2. The van der Waals surface area contributed by atoms with Crippen LogP contribution in [0.3, 0.4) is 0 Å². The Morgan fingerprint density at radius 2 is 1.76 bits per heavy atom. The summed E-state index contributed by atoms with van der Waals surface area (Å²) in [7, 11) is 0. The predicted octanol–water partition coefficient (Wildman–Crippen LogP) is 3.22. The Balaban J connectivity index is 1.77. The summed E-state index contributed by atoms with van der Waals surface area (Å²) in [6.07, 6.45) is 3.48. The van der Waals surface area contributed by atoms with Crippen LogP contribution in [-0.4, -0.2) is 32.8 Å². The maximum Gasteiger partial charge on any atom is 0.254 e. The van der Waals surface area contributed by atoms with Crippen LogP contribution in [-0.2, 0) is 0 Å². The second-order valence-corrected chi connectivity index (χ2v) is 8.36. The maximum atomic E-state index is 12.8. The summed E-state index contributed by atoms with van der Waals surface area (Å²) in [6, 6.07) is 10.0. The van der Waals surface area contributed by atoms with E-state index < -0.39 is 0 Å². The Kier molecular flexibility index (Phi) is 4.45. The number of amides is 1. The van der Waals surface area contributed by atoms with Gasteiger partial charge in [0.2, 0.25) is 0 Å². The molecule has 0 saturated carbocycles. The summed E-state index contributed by atoms with van der Waals surface area (Å²) in [4.78, 5) is 12.8. The van der Waals surface area contributed by atoms with Gasteiger partial charge in [0.1, 0.15) is 0 Å². The Hall–Kier alpha value is -2.14. The minimum absolute atomic E-state index is 0.00294. The number of hydrogen-bond acceptors (Lipinski definition) is 3. The van der Waals surface area contributed by atoms with Crippen LogP contribution in [0.5, 0.6) is 0 Å². The molecule has 0 atom stereocenters. The minimum atomic E-state index is -0.0434. The van der Waals surface area contributed by atoms with Gasteiger partial charge in [0.15, 0.2) is 0 Å². The van der Waals surface area contributed by atoms with Crippen LogP contribution in [0.1, 0.15) is 56.6 Å². The van der Waals surface area contributed by atoms with Crippen molar-refractivity contribution in [3.63, 3.8) is 0 Å². The summed E-state index contributed by atoms with van der Waals surface area (Å²) in [5.74, 6) is -0.0434. The summed E-state index contributed by atoms with van der Waals surface area (Å²) < 4.78 is 1.81. The molecule has 5 nitrogen and oxygen atoms in total. The smallest absolute Gasteiger partial charge is 0.254 e. The number of carbonyl (C=O) groups excluding carboxylic acids is 1. The fraction of sp³-hybridized carbons (Fsp3) is 0.500. The second kappa shape index (κ2) is 6.30. The van der Waals surface area contributed by atoms with E-state index in [2.05, 4.69) is 43.4 Å². The van der Waals surface area contributed by atoms with Crippen LogP contribution in [0.4, 0.5) is 0 Å². The molecule has 5 heteroatoms. The molecule has 3 rings (SSSR count). The molecule has 1 aliphatic heterocycles. The van der Waals surface area contributed by atoms with Crippen molar-refractivity contribution in [2.24, 2.45) is 0 Å². The molecule has 1 amide bonds. The molecule has 0 bridgehead atoms. The zero-order valence-corrected chi connectivity index (χ0v) is 15.8. The molecule has 1 aromatic carbocycles. The Morgan fingerprint density at radius 1 is 1.16 bits per heavy atom. The van der Waals surface area contributed by atoms with E-state index in [1.165, 1.54) is 0 Å². The highest BCUT2D eigenvalue weighted by Gasteiger charge is 2.38. The lowest BCUT2D eigenvalue weighted by molar-refractivity contribution is 0.0872. The molecule has 1 fully saturated rings. The van der Waals surface area contributed by atoms with E-state index in [1.807, 2.05) is 41.9 Å². The van der Waals surface area contributed by atoms with Crippen LogP contribution < -0.4 is 10.6 Å². The van der Waals surface area contributed by atoms with E-state index in [9.17, 15) is 4.79 Å². The zero-order valence-electron chi connectivity index (χ0n) is 15.8. The summed E-state index contributed by atoms with van der Waals surface area (Å²) in [5, 5.41) is 11.3. The van der Waals surface area contributed by atoms with Gasteiger partial charge in [-0.15, -0.1) is 0 Å². The van der Waals surface area contributed by atoms with E-state index in [0.717, 1.165) is 24.2 Å². The second-order valence-electron chi connectivity index (χ2n) is 8.36. The van der Waals surface area contributed by atoms with Crippen LogP contribution in [0.2, 0.25) is 0 Å². The van der Waals surface area contributed by atoms with Crippen molar-refractivity contribution in [2.75, 3.05) is 0 Å². The number of nitrogens with one attached hydrogen (secondary N) is 2. The van der Waals surface area contributed by atoms with E-state index >= 15 is 0 Å². The Labute approximate surface area is 149 Å². The Bertz CT molecular complexity index is 745. The molecule has 0 spiro atoms. The van der Waals surface area contributed by atoms with Crippen LogP contribution in [0, 0.1) is 6.92 Å². The predicted molar refractivity (Wildman–Crippen MR) is 100 cm³/mol. The summed E-state index contributed by atoms with van der Waals surface area (Å²) >= 11 is 0. The van der Waals surface area contributed by atoms with Gasteiger partial charge in [-0.25, -0.2) is 4.68 Å². The Morgan fingerprint density at radius 3 is 2.36 bits per heavy atom. The van der Waals surface area contributed by atoms with Crippen molar-refractivity contribution < 1.29 is 4.79 Å². The van der Waals surface area contributed by atoms with Crippen LogP contribution in [0.15, 0.2) is 36.5 Å². The SMILES string of the molecule is Cc1c(C(=O)NC2CC(C)(C)NC(C)(C)C2)cnn1-c1ccccc1. The molecule has 2 heterocycles. The number of rotatable bonds is 3. The number of carbonyl (C=O) groups is 1. The van der Waals surface area contributed by atoms with Gasteiger partial charge in [-0.3, -0.25) is 4.79 Å². The molecule has 0 radical (unpaired) electrons. The lowest BCUT2D eigenvalue weighted by atomic mass is 9.79. The van der Waals surface area contributed by atoms with Gasteiger partial charge in [0.25, 0.3) is 5.91 Å². The normalized spacial score (nSPS) is 19.6. The molecule has 2 aromatic rings. The zero-order chi connectivity index (χ0) is 18.2. The van der Waals surface area contributed by atoms with Gasteiger partial charge < -0.3 is 10.6 Å². The molecule has 134 valence electrons. The number of para-hydroxylation sites is 1. The first-order chi connectivity index (χ1) is 11.7.